The maximum Gasteiger partial charge on any atom is 0.306 e. The summed E-state index contributed by atoms with van der Waals surface area (Å²) >= 11 is 0. The minimum absolute atomic E-state index is 0.0656. The third kappa shape index (κ3) is 39.9. The molecule has 6 nitrogen and oxygen atoms in total. The SMILES string of the molecule is CCCCCCCCCCCCCCCC(=O)O[C@H](COC(=O)CCCCCCCCCCCC(C)C)COC(=O)CCCCCCCCC(C)CC. The van der Waals surface area contributed by atoms with Gasteiger partial charge in [-0.05, 0) is 31.1 Å². The quantitative estimate of drug-likeness (QED) is 0.0352. The molecule has 314 valence electrons. The van der Waals surface area contributed by atoms with E-state index in [1.165, 1.54) is 141 Å². The van der Waals surface area contributed by atoms with Crippen LogP contribution < -0.4 is 0 Å². The van der Waals surface area contributed by atoms with E-state index in [1.807, 2.05) is 0 Å². The van der Waals surface area contributed by atoms with Gasteiger partial charge in [0.25, 0.3) is 0 Å². The van der Waals surface area contributed by atoms with Crippen LogP contribution in [0.5, 0.6) is 0 Å². The Hall–Kier alpha value is -1.59. The normalized spacial score (nSPS) is 12.6. The molecule has 0 aromatic rings. The Bertz CT molecular complexity index is 811. The van der Waals surface area contributed by atoms with Crippen LogP contribution in [0.1, 0.15) is 253 Å². The van der Waals surface area contributed by atoms with Crippen LogP contribution in [-0.4, -0.2) is 37.2 Å². The Balaban J connectivity index is 4.34. The summed E-state index contributed by atoms with van der Waals surface area (Å²) in [7, 11) is 0. The molecule has 0 aliphatic heterocycles. The van der Waals surface area contributed by atoms with Crippen molar-refractivity contribution in [3.05, 3.63) is 0 Å². The summed E-state index contributed by atoms with van der Waals surface area (Å²) in [5, 5.41) is 0. The Morgan fingerprint density at radius 3 is 1.08 bits per heavy atom. The minimum atomic E-state index is -0.761. The summed E-state index contributed by atoms with van der Waals surface area (Å²) in [4.78, 5) is 37.7. The van der Waals surface area contributed by atoms with E-state index in [4.69, 9.17) is 14.2 Å². The first kappa shape index (κ1) is 51.4. The average Bonchev–Trinajstić information content (AvgIpc) is 3.14. The molecule has 6 heteroatoms. The molecule has 0 heterocycles. The standard InChI is InChI=1S/C47H90O6/c1-6-8-9-10-11-12-13-14-15-18-22-29-34-39-47(50)53-44(41-52-46(49)38-33-28-24-23-26-31-36-43(5)7-2)40-51-45(48)37-32-27-21-19-16-17-20-25-30-35-42(3)4/h42-44H,6-41H2,1-5H3/t43?,44-/m1/s1. The van der Waals surface area contributed by atoms with Crippen molar-refractivity contribution < 1.29 is 28.6 Å². The maximum absolute atomic E-state index is 12.7. The predicted octanol–water partition coefficient (Wildman–Crippen LogP) is 14.6. The van der Waals surface area contributed by atoms with Crippen molar-refractivity contribution in [3.8, 4) is 0 Å². The summed E-state index contributed by atoms with van der Waals surface area (Å²) in [6, 6.07) is 0. The number of hydrogen-bond donors (Lipinski definition) is 0. The molecule has 2 atom stereocenters. The van der Waals surface area contributed by atoms with Crippen molar-refractivity contribution in [2.75, 3.05) is 13.2 Å². The Labute approximate surface area is 329 Å². The van der Waals surface area contributed by atoms with E-state index in [9.17, 15) is 14.4 Å². The van der Waals surface area contributed by atoms with Crippen LogP contribution in [0.4, 0.5) is 0 Å². The first-order chi connectivity index (χ1) is 25.8. The van der Waals surface area contributed by atoms with E-state index in [1.54, 1.807) is 0 Å². The molecular formula is C47H90O6. The number of ether oxygens (including phenoxy) is 3. The molecule has 0 saturated heterocycles. The van der Waals surface area contributed by atoms with E-state index in [2.05, 4.69) is 34.6 Å². The largest absolute Gasteiger partial charge is 0.462 e. The number of carbonyl (C=O) groups is 3. The van der Waals surface area contributed by atoms with Gasteiger partial charge in [0.15, 0.2) is 6.10 Å². The highest BCUT2D eigenvalue weighted by atomic mass is 16.6. The second-order valence-electron chi connectivity index (χ2n) is 16.8. The minimum Gasteiger partial charge on any atom is -0.462 e. The number of rotatable bonds is 41. The Morgan fingerprint density at radius 1 is 0.396 bits per heavy atom. The van der Waals surface area contributed by atoms with Crippen LogP contribution in [0, 0.1) is 11.8 Å². The molecule has 0 spiro atoms. The van der Waals surface area contributed by atoms with Crippen molar-refractivity contribution in [2.45, 2.75) is 259 Å². The summed E-state index contributed by atoms with van der Waals surface area (Å²) in [5.41, 5.74) is 0. The van der Waals surface area contributed by atoms with Crippen LogP contribution in [0.2, 0.25) is 0 Å². The highest BCUT2D eigenvalue weighted by Gasteiger charge is 2.19. The lowest BCUT2D eigenvalue weighted by atomic mass is 10.00. The molecule has 0 rings (SSSR count). The number of hydrogen-bond acceptors (Lipinski definition) is 6. The summed E-state index contributed by atoms with van der Waals surface area (Å²) < 4.78 is 16.7. The van der Waals surface area contributed by atoms with Gasteiger partial charge in [-0.25, -0.2) is 0 Å². The zero-order valence-corrected chi connectivity index (χ0v) is 36.1. The molecule has 0 aromatic heterocycles. The van der Waals surface area contributed by atoms with Gasteiger partial charge in [-0.3, -0.25) is 14.4 Å². The molecule has 0 aliphatic carbocycles. The second kappa shape index (κ2) is 40.1. The van der Waals surface area contributed by atoms with Crippen LogP contribution in [0.15, 0.2) is 0 Å². The van der Waals surface area contributed by atoms with Gasteiger partial charge in [-0.15, -0.1) is 0 Å². The van der Waals surface area contributed by atoms with Crippen LogP contribution in [0.3, 0.4) is 0 Å². The molecule has 53 heavy (non-hydrogen) atoms. The molecule has 0 fully saturated rings. The summed E-state index contributed by atoms with van der Waals surface area (Å²) in [6.45, 7) is 11.3. The van der Waals surface area contributed by atoms with Gasteiger partial charge in [0.2, 0.25) is 0 Å². The highest BCUT2D eigenvalue weighted by Crippen LogP contribution is 2.17. The Kier molecular flexibility index (Phi) is 38.9. The monoisotopic (exact) mass is 751 g/mol. The predicted molar refractivity (Wildman–Crippen MR) is 224 cm³/mol. The third-order valence-corrected chi connectivity index (χ3v) is 10.8. The van der Waals surface area contributed by atoms with Crippen molar-refractivity contribution in [1.82, 2.24) is 0 Å². The smallest absolute Gasteiger partial charge is 0.306 e. The maximum atomic E-state index is 12.7. The van der Waals surface area contributed by atoms with Crippen molar-refractivity contribution in [3.63, 3.8) is 0 Å². The molecule has 1 unspecified atom stereocenters. The van der Waals surface area contributed by atoms with Gasteiger partial charge in [0, 0.05) is 19.3 Å². The molecule has 0 amide bonds. The Morgan fingerprint density at radius 2 is 0.717 bits per heavy atom. The molecule has 0 bridgehead atoms. The van der Waals surface area contributed by atoms with Gasteiger partial charge in [-0.1, -0.05) is 214 Å². The van der Waals surface area contributed by atoms with Gasteiger partial charge < -0.3 is 14.2 Å². The second-order valence-corrected chi connectivity index (χ2v) is 16.8. The van der Waals surface area contributed by atoms with E-state index >= 15 is 0 Å². The number of esters is 3. The van der Waals surface area contributed by atoms with E-state index in [0.717, 1.165) is 69.6 Å². The molecule has 0 N–H and O–H groups in total. The zero-order valence-electron chi connectivity index (χ0n) is 36.1. The van der Waals surface area contributed by atoms with Crippen molar-refractivity contribution >= 4 is 17.9 Å². The average molecular weight is 751 g/mol. The molecule has 0 aliphatic rings. The topological polar surface area (TPSA) is 78.9 Å². The third-order valence-electron chi connectivity index (χ3n) is 10.8. The summed E-state index contributed by atoms with van der Waals surface area (Å²) in [5.74, 6) is 0.764. The van der Waals surface area contributed by atoms with E-state index in [0.29, 0.717) is 19.3 Å². The van der Waals surface area contributed by atoms with Gasteiger partial charge >= 0.3 is 17.9 Å². The van der Waals surface area contributed by atoms with E-state index < -0.39 is 6.10 Å². The lowest BCUT2D eigenvalue weighted by molar-refractivity contribution is -0.167. The fourth-order valence-electron chi connectivity index (χ4n) is 6.90. The molecule has 0 saturated carbocycles. The van der Waals surface area contributed by atoms with Crippen LogP contribution >= 0.6 is 0 Å². The lowest BCUT2D eigenvalue weighted by Gasteiger charge is -2.18. The first-order valence-electron chi connectivity index (χ1n) is 23.3. The fourth-order valence-corrected chi connectivity index (χ4v) is 6.90. The molecule has 0 radical (unpaired) electrons. The first-order valence-corrected chi connectivity index (χ1v) is 23.3. The highest BCUT2D eigenvalue weighted by molar-refractivity contribution is 5.71. The summed E-state index contributed by atoms with van der Waals surface area (Å²) in [6.07, 6.45) is 38.0. The molecular weight excluding hydrogens is 661 g/mol. The van der Waals surface area contributed by atoms with Crippen molar-refractivity contribution in [2.24, 2.45) is 11.8 Å². The number of carbonyl (C=O) groups excluding carboxylic acids is 3. The van der Waals surface area contributed by atoms with Crippen molar-refractivity contribution in [1.29, 1.82) is 0 Å². The fraction of sp³-hybridized carbons (Fsp3) is 0.936. The zero-order chi connectivity index (χ0) is 39.0. The molecule has 0 aromatic carbocycles. The lowest BCUT2D eigenvalue weighted by Crippen LogP contribution is -2.30. The van der Waals surface area contributed by atoms with Gasteiger partial charge in [0.05, 0.1) is 0 Å². The van der Waals surface area contributed by atoms with Crippen LogP contribution in [-0.2, 0) is 28.6 Å². The number of unbranched alkanes of at least 4 members (excludes halogenated alkanes) is 25. The van der Waals surface area contributed by atoms with Crippen LogP contribution in [0.25, 0.3) is 0 Å². The van der Waals surface area contributed by atoms with E-state index in [-0.39, 0.29) is 31.1 Å². The van der Waals surface area contributed by atoms with Gasteiger partial charge in [-0.2, -0.15) is 0 Å². The van der Waals surface area contributed by atoms with Gasteiger partial charge in [0.1, 0.15) is 13.2 Å².